The van der Waals surface area contributed by atoms with Crippen LogP contribution in [0.2, 0.25) is 5.04 Å². The third kappa shape index (κ3) is 25.2. The van der Waals surface area contributed by atoms with E-state index in [1.54, 1.807) is 6.08 Å². The van der Waals surface area contributed by atoms with Gasteiger partial charge in [0.25, 0.3) is 8.32 Å². The maximum Gasteiger partial charge on any atom is 0.261 e. The second-order valence-corrected chi connectivity index (χ2v) is 17.9. The number of benzene rings is 2. The third-order valence-corrected chi connectivity index (χ3v) is 13.3. The summed E-state index contributed by atoms with van der Waals surface area (Å²) in [6, 6.07) is 21.3. The molecule has 0 bridgehead atoms. The van der Waals surface area contributed by atoms with Crippen molar-refractivity contribution in [2.24, 2.45) is 0 Å². The van der Waals surface area contributed by atoms with Gasteiger partial charge in [-0.05, 0) is 15.4 Å². The van der Waals surface area contributed by atoms with Crippen molar-refractivity contribution in [1.29, 1.82) is 0 Å². The Hall–Kier alpha value is -2.12. The molecule has 0 N–H and O–H groups in total. The Morgan fingerprint density at radius 3 is 0.825 bits per heavy atom. The van der Waals surface area contributed by atoms with Gasteiger partial charge in [-0.1, -0.05) is 87.5 Å². The second-order valence-electron chi connectivity index (χ2n) is 13.6. The van der Waals surface area contributed by atoms with Gasteiger partial charge in [-0.15, -0.1) is 6.58 Å². The summed E-state index contributed by atoms with van der Waals surface area (Å²) in [5.74, 6) is 0. The van der Waals surface area contributed by atoms with Crippen LogP contribution in [0.3, 0.4) is 0 Å². The zero-order valence-electron chi connectivity index (χ0n) is 35.0. The Labute approximate surface area is 343 Å². The van der Waals surface area contributed by atoms with E-state index in [0.717, 1.165) is 0 Å². The molecule has 14 heteroatoms. The van der Waals surface area contributed by atoms with Crippen molar-refractivity contribution >= 4 is 18.7 Å². The molecule has 0 radical (unpaired) electrons. The van der Waals surface area contributed by atoms with Crippen LogP contribution in [0.5, 0.6) is 0 Å². The Balaban J connectivity index is 1.27. The first-order valence-corrected chi connectivity index (χ1v) is 22.2. The Bertz CT molecular complexity index is 1120. The molecule has 13 nitrogen and oxygen atoms in total. The lowest BCUT2D eigenvalue weighted by Crippen LogP contribution is -2.66. The van der Waals surface area contributed by atoms with E-state index in [0.29, 0.717) is 165 Å². The highest BCUT2D eigenvalue weighted by atomic mass is 28.4. The molecule has 326 valence electrons. The number of rotatable bonds is 41. The molecule has 2 rings (SSSR count). The lowest BCUT2D eigenvalue weighted by atomic mass is 10.2. The lowest BCUT2D eigenvalue weighted by molar-refractivity contribution is -0.0284. The van der Waals surface area contributed by atoms with E-state index in [2.05, 4.69) is 88.0 Å². The van der Waals surface area contributed by atoms with Crippen LogP contribution in [-0.2, 0) is 61.3 Å². The van der Waals surface area contributed by atoms with Crippen LogP contribution in [0, 0.1) is 0 Å². The van der Waals surface area contributed by atoms with Gasteiger partial charge in [-0.25, -0.2) is 0 Å². The van der Waals surface area contributed by atoms with Crippen LogP contribution in [0.1, 0.15) is 20.8 Å². The molecule has 0 saturated carbocycles. The Morgan fingerprint density at radius 1 is 0.368 bits per heavy atom. The van der Waals surface area contributed by atoms with Crippen molar-refractivity contribution in [3.05, 3.63) is 73.3 Å². The fourth-order valence-electron chi connectivity index (χ4n) is 5.60. The molecule has 0 unspecified atom stereocenters. The van der Waals surface area contributed by atoms with Crippen LogP contribution in [0.15, 0.2) is 73.3 Å². The molecule has 0 aliphatic heterocycles. The summed E-state index contributed by atoms with van der Waals surface area (Å²) in [5.41, 5.74) is 0. The largest absolute Gasteiger partial charge is 0.405 e. The number of hydrogen-bond donors (Lipinski definition) is 0. The average Bonchev–Trinajstić information content (AvgIpc) is 3.22. The van der Waals surface area contributed by atoms with Crippen molar-refractivity contribution < 1.29 is 61.3 Å². The van der Waals surface area contributed by atoms with Crippen LogP contribution in [0.25, 0.3) is 0 Å². The van der Waals surface area contributed by atoms with Gasteiger partial charge < -0.3 is 61.3 Å². The fourth-order valence-corrected chi connectivity index (χ4v) is 10.1. The molecular weight excluding hydrogens is 753 g/mol. The monoisotopic (exact) mass is 824 g/mol. The summed E-state index contributed by atoms with van der Waals surface area (Å²) in [4.78, 5) is 0. The summed E-state index contributed by atoms with van der Waals surface area (Å²) < 4.78 is 73.1. The highest BCUT2D eigenvalue weighted by Gasteiger charge is 2.50. The molecule has 0 saturated heterocycles. The Kier molecular flexibility index (Phi) is 32.0. The van der Waals surface area contributed by atoms with Gasteiger partial charge in [0.2, 0.25) is 0 Å². The van der Waals surface area contributed by atoms with E-state index in [4.69, 9.17) is 61.3 Å². The SMILES string of the molecule is C=CCOCCOCCOCCOCCOCCOCCOCCOCCOCCOCCOCCOCCO[Si](c1ccccc1)(c1ccccc1)C(C)(C)C. The van der Waals surface area contributed by atoms with Crippen LogP contribution in [-0.4, -0.2) is 173 Å². The maximum atomic E-state index is 6.85. The van der Waals surface area contributed by atoms with Crippen molar-refractivity contribution in [3.63, 3.8) is 0 Å². The number of ether oxygens (including phenoxy) is 12. The maximum absolute atomic E-state index is 6.85. The van der Waals surface area contributed by atoms with E-state index < -0.39 is 8.32 Å². The predicted molar refractivity (Wildman–Crippen MR) is 224 cm³/mol. The molecule has 0 spiro atoms. The van der Waals surface area contributed by atoms with Gasteiger partial charge >= 0.3 is 0 Å². The smallest absolute Gasteiger partial charge is 0.261 e. The van der Waals surface area contributed by atoms with E-state index in [-0.39, 0.29) is 5.04 Å². The summed E-state index contributed by atoms with van der Waals surface area (Å²) in [7, 11) is -2.54. The lowest BCUT2D eigenvalue weighted by Gasteiger charge is -2.43. The Morgan fingerprint density at radius 2 is 0.596 bits per heavy atom. The molecule has 0 atom stereocenters. The molecule has 2 aromatic carbocycles. The zero-order chi connectivity index (χ0) is 40.8. The minimum absolute atomic E-state index is 0.0585. The van der Waals surface area contributed by atoms with E-state index >= 15 is 0 Å². The topological polar surface area (TPSA) is 120 Å². The highest BCUT2D eigenvalue weighted by molar-refractivity contribution is 6.99. The third-order valence-electron chi connectivity index (χ3n) is 8.29. The predicted octanol–water partition coefficient (Wildman–Crippen LogP) is 3.95. The van der Waals surface area contributed by atoms with E-state index in [9.17, 15) is 0 Å². The first kappa shape index (κ1) is 51.0. The first-order valence-electron chi connectivity index (χ1n) is 20.3. The van der Waals surface area contributed by atoms with Crippen molar-refractivity contribution in [2.45, 2.75) is 25.8 Å². The normalized spacial score (nSPS) is 12.1. The van der Waals surface area contributed by atoms with Crippen molar-refractivity contribution in [3.8, 4) is 0 Å². The van der Waals surface area contributed by atoms with Crippen LogP contribution < -0.4 is 10.4 Å². The summed E-state index contributed by atoms with van der Waals surface area (Å²) in [5, 5.41) is 2.47. The molecule has 0 aromatic heterocycles. The summed E-state index contributed by atoms with van der Waals surface area (Å²) in [6.45, 7) is 23.3. The highest BCUT2D eigenvalue weighted by Crippen LogP contribution is 2.36. The van der Waals surface area contributed by atoms with Gasteiger partial charge in [0.15, 0.2) is 0 Å². The van der Waals surface area contributed by atoms with Gasteiger partial charge in [0, 0.05) is 0 Å². The minimum atomic E-state index is -2.54. The molecular formula is C43H72O13Si. The van der Waals surface area contributed by atoms with Crippen LogP contribution >= 0.6 is 0 Å². The zero-order valence-corrected chi connectivity index (χ0v) is 36.0. The average molecular weight is 825 g/mol. The molecule has 2 aromatic rings. The molecule has 0 aliphatic rings. The van der Waals surface area contributed by atoms with Gasteiger partial charge in [0.05, 0.1) is 165 Å². The van der Waals surface area contributed by atoms with Gasteiger partial charge in [-0.2, -0.15) is 0 Å². The van der Waals surface area contributed by atoms with E-state index in [1.165, 1.54) is 10.4 Å². The first-order chi connectivity index (χ1) is 28.0. The fraction of sp³-hybridized carbons (Fsp3) is 0.674. The summed E-state index contributed by atoms with van der Waals surface area (Å²) >= 11 is 0. The quantitative estimate of drug-likeness (QED) is 0.0548. The molecule has 0 amide bonds. The molecule has 0 heterocycles. The van der Waals surface area contributed by atoms with Crippen molar-refractivity contribution in [1.82, 2.24) is 0 Å². The van der Waals surface area contributed by atoms with E-state index in [1.807, 2.05) is 0 Å². The molecule has 0 fully saturated rings. The summed E-state index contributed by atoms with van der Waals surface area (Å²) in [6.07, 6.45) is 1.71. The van der Waals surface area contributed by atoms with Gasteiger partial charge in [0.1, 0.15) is 0 Å². The molecule has 57 heavy (non-hydrogen) atoms. The second kappa shape index (κ2) is 35.8. The minimum Gasteiger partial charge on any atom is -0.405 e. The van der Waals surface area contributed by atoms with Crippen LogP contribution in [0.4, 0.5) is 0 Å². The van der Waals surface area contributed by atoms with Gasteiger partial charge in [-0.3, -0.25) is 0 Å². The number of hydrogen-bond acceptors (Lipinski definition) is 13. The van der Waals surface area contributed by atoms with Crippen molar-refractivity contribution in [2.75, 3.05) is 165 Å². The standard InChI is InChI=1S/C43H72O13Si/c1-5-16-44-17-18-45-19-20-46-21-22-47-23-24-48-25-26-49-27-28-50-29-30-51-31-32-52-33-34-53-35-36-54-37-38-55-39-40-56-57(43(2,3)4,41-12-8-6-9-13-41)42-14-10-7-11-15-42/h5-15H,1,16-40H2,2-4H3. The molecule has 0 aliphatic carbocycles.